The molecule has 0 aliphatic carbocycles. The van der Waals surface area contributed by atoms with E-state index in [0.717, 1.165) is 5.56 Å². The highest BCUT2D eigenvalue weighted by atomic mass is 16.6. The number of non-ortho nitro benzene ring substituents is 1. The number of carbonyl (C=O) groups is 2. The number of hydrogen-bond donors (Lipinski definition) is 1. The molecular weight excluding hydrogens is 368 g/mol. The maximum atomic E-state index is 10.8. The smallest absolute Gasteiger partial charge is 0.293 e. The van der Waals surface area contributed by atoms with Gasteiger partial charge >= 0.3 is 0 Å². The topological polar surface area (TPSA) is 119 Å². The van der Waals surface area contributed by atoms with Gasteiger partial charge in [-0.15, -0.1) is 0 Å². The molecule has 1 unspecified atom stereocenters. The van der Waals surface area contributed by atoms with Gasteiger partial charge in [-0.2, -0.15) is 0 Å². The Morgan fingerprint density at radius 2 is 1.89 bits per heavy atom. The molecule has 1 amide bonds. The molecule has 28 heavy (non-hydrogen) atoms. The second-order valence-corrected chi connectivity index (χ2v) is 4.98. The van der Waals surface area contributed by atoms with Crippen molar-refractivity contribution in [1.82, 2.24) is 4.90 Å². The lowest BCUT2D eigenvalue weighted by molar-refractivity contribution is -0.384. The van der Waals surface area contributed by atoms with Gasteiger partial charge in [0.1, 0.15) is 12.4 Å². The number of aliphatic hydroxyl groups is 1. The van der Waals surface area contributed by atoms with Crippen LogP contribution in [0.4, 0.5) is 5.69 Å². The van der Waals surface area contributed by atoms with Crippen LogP contribution in [0.15, 0.2) is 36.1 Å². The van der Waals surface area contributed by atoms with Crippen LogP contribution in [-0.4, -0.2) is 46.7 Å². The minimum atomic E-state index is -0.482. The SMILES string of the molecule is CC.CC.O=C1CC2O/C(=C\CO)CN12.O=COCc1ccc([N+](=O)[O-])cc1. The largest absolute Gasteiger partial charge is 0.473 e. The van der Waals surface area contributed by atoms with Crippen molar-refractivity contribution < 1.29 is 29.1 Å². The van der Waals surface area contributed by atoms with E-state index < -0.39 is 4.92 Å². The van der Waals surface area contributed by atoms with Crippen molar-refractivity contribution in [3.8, 4) is 0 Å². The minimum absolute atomic E-state index is 0.0230. The van der Waals surface area contributed by atoms with Crippen LogP contribution >= 0.6 is 0 Å². The van der Waals surface area contributed by atoms with Gasteiger partial charge in [0.25, 0.3) is 12.2 Å². The number of fused-ring (bicyclic) bond motifs is 1. The van der Waals surface area contributed by atoms with Gasteiger partial charge in [0, 0.05) is 12.1 Å². The van der Waals surface area contributed by atoms with E-state index in [1.165, 1.54) is 12.1 Å². The summed E-state index contributed by atoms with van der Waals surface area (Å²) < 4.78 is 9.75. The molecule has 2 aliphatic rings. The molecule has 0 saturated carbocycles. The second-order valence-electron chi connectivity index (χ2n) is 4.98. The van der Waals surface area contributed by atoms with Crippen molar-refractivity contribution in [2.75, 3.05) is 13.2 Å². The molecule has 1 aromatic carbocycles. The van der Waals surface area contributed by atoms with Crippen molar-refractivity contribution in [3.05, 3.63) is 51.8 Å². The van der Waals surface area contributed by atoms with E-state index in [1.807, 2.05) is 27.7 Å². The molecule has 9 nitrogen and oxygen atoms in total. The Hall–Kier alpha value is -2.94. The molecule has 1 atom stereocenters. The molecule has 0 aromatic heterocycles. The van der Waals surface area contributed by atoms with Crippen LogP contribution in [0.1, 0.15) is 39.7 Å². The molecule has 2 heterocycles. The van der Waals surface area contributed by atoms with Crippen LogP contribution < -0.4 is 0 Å². The van der Waals surface area contributed by atoms with Crippen LogP contribution in [0.3, 0.4) is 0 Å². The number of benzene rings is 1. The number of carbonyl (C=O) groups excluding carboxylic acids is 2. The Labute approximate surface area is 164 Å². The van der Waals surface area contributed by atoms with E-state index in [0.29, 0.717) is 25.2 Å². The molecule has 2 fully saturated rings. The van der Waals surface area contributed by atoms with Gasteiger partial charge in [-0.3, -0.25) is 24.6 Å². The maximum absolute atomic E-state index is 10.8. The molecule has 156 valence electrons. The van der Waals surface area contributed by atoms with Crippen molar-refractivity contribution in [3.63, 3.8) is 0 Å². The van der Waals surface area contributed by atoms with Gasteiger partial charge in [0.05, 0.1) is 24.5 Å². The van der Waals surface area contributed by atoms with Crippen LogP contribution in [0.25, 0.3) is 0 Å². The van der Waals surface area contributed by atoms with Crippen LogP contribution in [0.2, 0.25) is 0 Å². The zero-order valence-electron chi connectivity index (χ0n) is 16.7. The summed E-state index contributed by atoms with van der Waals surface area (Å²) >= 11 is 0. The van der Waals surface area contributed by atoms with Gasteiger partial charge in [-0.1, -0.05) is 27.7 Å². The standard InChI is InChI=1S/C8H7NO4.C7H9NO3.2C2H6/c10-6-13-5-7-1-3-8(4-2-7)9(11)12;9-2-1-5-4-8-6(10)3-7(8)11-5;2*1-2/h1-4,6H,5H2;1,7,9H,2-4H2;2*1-2H3/b;5-1-;;. The average Bonchev–Trinajstić information content (AvgIpc) is 3.06. The predicted octanol–water partition coefficient (Wildman–Crippen LogP) is 2.77. The summed E-state index contributed by atoms with van der Waals surface area (Å²) in [6, 6.07) is 5.82. The number of ether oxygens (including phenoxy) is 2. The number of hydrogen-bond acceptors (Lipinski definition) is 7. The second kappa shape index (κ2) is 14.2. The van der Waals surface area contributed by atoms with E-state index in [2.05, 4.69) is 4.74 Å². The lowest BCUT2D eigenvalue weighted by Crippen LogP contribution is -2.48. The van der Waals surface area contributed by atoms with Gasteiger partial charge < -0.3 is 14.6 Å². The van der Waals surface area contributed by atoms with Crippen molar-refractivity contribution in [2.24, 2.45) is 0 Å². The van der Waals surface area contributed by atoms with Crippen molar-refractivity contribution in [1.29, 1.82) is 0 Å². The van der Waals surface area contributed by atoms with E-state index in [1.54, 1.807) is 23.1 Å². The zero-order valence-corrected chi connectivity index (χ0v) is 16.7. The monoisotopic (exact) mass is 396 g/mol. The van der Waals surface area contributed by atoms with Crippen LogP contribution in [-0.2, 0) is 25.7 Å². The summed E-state index contributed by atoms with van der Waals surface area (Å²) in [5.74, 6) is 0.847. The van der Waals surface area contributed by atoms with E-state index in [-0.39, 0.29) is 31.0 Å². The molecule has 1 aromatic rings. The van der Waals surface area contributed by atoms with Crippen molar-refractivity contribution in [2.45, 2.75) is 47.0 Å². The van der Waals surface area contributed by atoms with E-state index in [9.17, 15) is 19.7 Å². The first-order chi connectivity index (χ1) is 13.5. The number of nitro groups is 1. The Balaban J connectivity index is 0.000000445. The molecule has 0 radical (unpaired) electrons. The Bertz CT molecular complexity index is 644. The molecule has 3 rings (SSSR count). The molecule has 2 saturated heterocycles. The number of β-lactam (4-membered cyclic amide) rings is 1. The molecule has 0 bridgehead atoms. The molecule has 2 aliphatic heterocycles. The quantitative estimate of drug-likeness (QED) is 0.352. The van der Waals surface area contributed by atoms with Gasteiger partial charge in [0.2, 0.25) is 5.91 Å². The molecule has 0 spiro atoms. The minimum Gasteiger partial charge on any atom is -0.473 e. The third-order valence-electron chi connectivity index (χ3n) is 3.41. The molecule has 9 heteroatoms. The van der Waals surface area contributed by atoms with Gasteiger partial charge in [0.15, 0.2) is 6.23 Å². The number of rotatable bonds is 5. The maximum Gasteiger partial charge on any atom is 0.293 e. The lowest BCUT2D eigenvalue weighted by atomic mass is 10.2. The van der Waals surface area contributed by atoms with Crippen LogP contribution in [0, 0.1) is 10.1 Å². The summed E-state index contributed by atoms with van der Waals surface area (Å²) in [4.78, 5) is 32.1. The Kier molecular flexibility index (Phi) is 12.7. The third-order valence-corrected chi connectivity index (χ3v) is 3.41. The zero-order chi connectivity index (χ0) is 21.5. The van der Waals surface area contributed by atoms with Gasteiger partial charge in [-0.05, 0) is 23.8 Å². The van der Waals surface area contributed by atoms with Gasteiger partial charge in [-0.25, -0.2) is 0 Å². The normalized spacial score (nSPS) is 17.2. The summed E-state index contributed by atoms with van der Waals surface area (Å²) in [7, 11) is 0. The number of nitrogens with zero attached hydrogens (tertiary/aromatic N) is 2. The summed E-state index contributed by atoms with van der Waals surface area (Å²) in [5.41, 5.74) is 0.743. The Morgan fingerprint density at radius 1 is 1.29 bits per heavy atom. The fraction of sp³-hybridized carbons (Fsp3) is 0.474. The van der Waals surface area contributed by atoms with E-state index in [4.69, 9.17) is 9.84 Å². The first-order valence-electron chi connectivity index (χ1n) is 9.09. The average molecular weight is 396 g/mol. The lowest BCUT2D eigenvalue weighted by Gasteiger charge is -2.30. The highest BCUT2D eigenvalue weighted by Crippen LogP contribution is 2.30. The van der Waals surface area contributed by atoms with Crippen LogP contribution in [0.5, 0.6) is 0 Å². The van der Waals surface area contributed by atoms with E-state index >= 15 is 0 Å². The third kappa shape index (κ3) is 7.75. The molecule has 1 N–H and O–H groups in total. The summed E-state index contributed by atoms with van der Waals surface area (Å²) in [6.07, 6.45) is 2.04. The fourth-order valence-corrected chi connectivity index (χ4v) is 2.16. The van der Waals surface area contributed by atoms with Crippen molar-refractivity contribution >= 4 is 18.1 Å². The Morgan fingerprint density at radius 3 is 2.32 bits per heavy atom. The highest BCUT2D eigenvalue weighted by molar-refractivity contribution is 5.83. The first kappa shape index (κ1) is 25.1. The number of nitro benzene ring substituents is 1. The molecular formula is C19H28N2O7. The fourth-order valence-electron chi connectivity index (χ4n) is 2.16. The predicted molar refractivity (Wildman–Crippen MR) is 103 cm³/mol. The summed E-state index contributed by atoms with van der Waals surface area (Å²) in [5, 5.41) is 18.8. The number of aliphatic hydroxyl groups excluding tert-OH is 1. The number of amides is 1. The first-order valence-corrected chi connectivity index (χ1v) is 9.09. The highest BCUT2D eigenvalue weighted by Gasteiger charge is 2.43. The summed E-state index contributed by atoms with van der Waals surface area (Å²) in [6.45, 7) is 8.98.